The van der Waals surface area contributed by atoms with Gasteiger partial charge in [0.15, 0.2) is 5.82 Å². The van der Waals surface area contributed by atoms with Crippen LogP contribution in [0, 0.1) is 5.82 Å². The second-order valence-corrected chi connectivity index (χ2v) is 10.6. The Morgan fingerprint density at radius 3 is 2.45 bits per heavy atom. The third-order valence-electron chi connectivity index (χ3n) is 7.10. The molecule has 3 aromatic rings. The largest absolute Gasteiger partial charge is 0.457 e. The monoisotopic (exact) mass is 578 g/mol. The first-order valence-electron chi connectivity index (χ1n) is 14.1. The van der Waals surface area contributed by atoms with E-state index >= 15 is 0 Å². The van der Waals surface area contributed by atoms with E-state index in [9.17, 15) is 14.0 Å². The maximum absolute atomic E-state index is 14.7. The first kappa shape index (κ1) is 30.7. The highest BCUT2D eigenvalue weighted by atomic mass is 19.1. The number of hydrogen-bond donors (Lipinski definition) is 2. The molecule has 1 aromatic heterocycles. The average molecular weight is 579 g/mol. The minimum Gasteiger partial charge on any atom is -0.457 e. The maximum Gasteiger partial charge on any atom is 0.412 e. The van der Waals surface area contributed by atoms with Gasteiger partial charge in [0.1, 0.15) is 23.9 Å². The van der Waals surface area contributed by atoms with E-state index in [1.165, 1.54) is 18.3 Å². The normalized spacial score (nSPS) is 13.9. The zero-order valence-electron chi connectivity index (χ0n) is 24.4. The van der Waals surface area contributed by atoms with Gasteiger partial charge in [-0.15, -0.1) is 0 Å². The van der Waals surface area contributed by atoms with E-state index in [1.807, 2.05) is 30.3 Å². The van der Waals surface area contributed by atoms with Crippen LogP contribution in [0.5, 0.6) is 11.5 Å². The van der Waals surface area contributed by atoms with Gasteiger partial charge in [-0.3, -0.25) is 10.6 Å². The molecule has 42 heavy (non-hydrogen) atoms. The molecule has 0 aliphatic carbocycles. The van der Waals surface area contributed by atoms with Crippen LogP contribution >= 0.6 is 0 Å². The van der Waals surface area contributed by atoms with Crippen LogP contribution in [-0.4, -0.2) is 85.2 Å². The molecule has 1 aliphatic heterocycles. The van der Waals surface area contributed by atoms with Gasteiger partial charge in [0.2, 0.25) is 0 Å². The summed E-state index contributed by atoms with van der Waals surface area (Å²) in [7, 11) is 5.97. The molecule has 11 heteroatoms. The van der Waals surface area contributed by atoms with Gasteiger partial charge in [-0.2, -0.15) is 0 Å². The van der Waals surface area contributed by atoms with Crippen molar-refractivity contribution >= 4 is 23.6 Å². The molecule has 1 aliphatic rings. The molecule has 0 saturated carbocycles. The van der Waals surface area contributed by atoms with E-state index in [2.05, 4.69) is 39.5 Å². The number of likely N-dealkylation sites (tertiary alicyclic amines) is 1. The van der Waals surface area contributed by atoms with Crippen LogP contribution < -0.4 is 15.4 Å². The number of hydrogen-bond acceptors (Lipinski definition) is 7. The van der Waals surface area contributed by atoms with Crippen molar-refractivity contribution < 1.29 is 23.5 Å². The quantitative estimate of drug-likeness (QED) is 0.304. The van der Waals surface area contributed by atoms with Crippen molar-refractivity contribution in [3.63, 3.8) is 0 Å². The Hall–Kier alpha value is -4.22. The zero-order chi connectivity index (χ0) is 29.9. The highest BCUT2D eigenvalue weighted by molar-refractivity contribution is 5.88. The Morgan fingerprint density at radius 2 is 1.74 bits per heavy atom. The summed E-state index contributed by atoms with van der Waals surface area (Å²) in [6.07, 6.45) is 3.71. The molecule has 2 heterocycles. The molecule has 3 amide bonds. The number of nitrogens with one attached hydrogen (secondary N) is 2. The Morgan fingerprint density at radius 1 is 1.00 bits per heavy atom. The number of rotatable bonds is 11. The van der Waals surface area contributed by atoms with Gasteiger partial charge in [0, 0.05) is 44.5 Å². The van der Waals surface area contributed by atoms with Crippen LogP contribution in [-0.2, 0) is 11.3 Å². The molecule has 0 spiro atoms. The SMILES string of the molecule is CN(C)CCCN1CCC(N(C)C(=O)Nc2cc(Oc3ccc(NC(=O)OCc4ccccc4)c(F)c3)ccn2)CC1. The molecule has 2 aromatic carbocycles. The van der Waals surface area contributed by atoms with Gasteiger partial charge in [-0.25, -0.2) is 19.0 Å². The van der Waals surface area contributed by atoms with Crippen LogP contribution in [0.15, 0.2) is 66.9 Å². The molecule has 0 unspecified atom stereocenters. The van der Waals surface area contributed by atoms with Crippen LogP contribution in [0.3, 0.4) is 0 Å². The van der Waals surface area contributed by atoms with Crippen LogP contribution in [0.4, 0.5) is 25.5 Å². The molecular formula is C31H39FN6O4. The molecule has 1 fully saturated rings. The molecule has 1 saturated heterocycles. The number of carbonyl (C=O) groups is 2. The first-order valence-corrected chi connectivity index (χ1v) is 14.1. The van der Waals surface area contributed by atoms with Gasteiger partial charge < -0.3 is 24.2 Å². The number of piperidine rings is 1. The smallest absolute Gasteiger partial charge is 0.412 e. The van der Waals surface area contributed by atoms with Gasteiger partial charge in [-0.05, 0) is 70.2 Å². The lowest BCUT2D eigenvalue weighted by Crippen LogP contribution is -2.47. The van der Waals surface area contributed by atoms with E-state index in [4.69, 9.17) is 9.47 Å². The molecule has 0 bridgehead atoms. The summed E-state index contributed by atoms with van der Waals surface area (Å²) in [6, 6.07) is 16.4. The van der Waals surface area contributed by atoms with E-state index < -0.39 is 11.9 Å². The van der Waals surface area contributed by atoms with Gasteiger partial charge in [0.05, 0.1) is 5.69 Å². The van der Waals surface area contributed by atoms with Crippen molar-refractivity contribution in [2.75, 3.05) is 58.0 Å². The van der Waals surface area contributed by atoms with Crippen LogP contribution in [0.2, 0.25) is 0 Å². The molecule has 10 nitrogen and oxygen atoms in total. The average Bonchev–Trinajstić information content (AvgIpc) is 2.98. The predicted molar refractivity (Wildman–Crippen MR) is 160 cm³/mol. The summed E-state index contributed by atoms with van der Waals surface area (Å²) in [5.41, 5.74) is 0.786. The first-order chi connectivity index (χ1) is 20.3. The van der Waals surface area contributed by atoms with E-state index in [1.54, 1.807) is 24.1 Å². The number of pyridine rings is 1. The number of amides is 3. The second-order valence-electron chi connectivity index (χ2n) is 10.6. The summed E-state index contributed by atoms with van der Waals surface area (Å²) in [4.78, 5) is 35.6. The van der Waals surface area contributed by atoms with E-state index in [0.717, 1.165) is 57.1 Å². The Labute approximate surface area is 246 Å². The van der Waals surface area contributed by atoms with Gasteiger partial charge in [0.25, 0.3) is 0 Å². The highest BCUT2D eigenvalue weighted by Gasteiger charge is 2.25. The van der Waals surface area contributed by atoms with E-state index in [0.29, 0.717) is 11.6 Å². The second kappa shape index (κ2) is 15.1. The molecule has 0 atom stereocenters. The fourth-order valence-electron chi connectivity index (χ4n) is 4.71. The summed E-state index contributed by atoms with van der Waals surface area (Å²) in [6.45, 7) is 4.15. The molecular weight excluding hydrogens is 539 g/mol. The fourth-order valence-corrected chi connectivity index (χ4v) is 4.71. The Bertz CT molecular complexity index is 1320. The van der Waals surface area contributed by atoms with Gasteiger partial charge >= 0.3 is 12.1 Å². The van der Waals surface area contributed by atoms with Crippen molar-refractivity contribution in [3.05, 3.63) is 78.2 Å². The van der Waals surface area contributed by atoms with Crippen molar-refractivity contribution in [2.45, 2.75) is 31.9 Å². The number of anilines is 2. The van der Waals surface area contributed by atoms with Crippen molar-refractivity contribution in [3.8, 4) is 11.5 Å². The predicted octanol–water partition coefficient (Wildman–Crippen LogP) is 5.64. The third kappa shape index (κ3) is 9.42. The van der Waals surface area contributed by atoms with Crippen LogP contribution in [0.25, 0.3) is 0 Å². The number of ether oxygens (including phenoxy) is 2. The minimum absolute atomic E-state index is 0.0365. The number of halogens is 1. The zero-order valence-corrected chi connectivity index (χ0v) is 24.4. The lowest BCUT2D eigenvalue weighted by molar-refractivity contribution is 0.138. The maximum atomic E-state index is 14.7. The molecule has 0 radical (unpaired) electrons. The molecule has 2 N–H and O–H groups in total. The summed E-state index contributed by atoms with van der Waals surface area (Å²) in [5.74, 6) is 0.229. The minimum atomic E-state index is -0.767. The number of carbonyl (C=O) groups excluding carboxylic acids is 2. The van der Waals surface area contributed by atoms with E-state index in [-0.39, 0.29) is 30.1 Å². The summed E-state index contributed by atoms with van der Waals surface area (Å²) in [5, 5.41) is 5.23. The number of aromatic nitrogens is 1. The summed E-state index contributed by atoms with van der Waals surface area (Å²) < 4.78 is 25.6. The van der Waals surface area contributed by atoms with Crippen molar-refractivity contribution in [1.29, 1.82) is 0 Å². The lowest BCUT2D eigenvalue weighted by Gasteiger charge is -2.36. The molecule has 4 rings (SSSR count). The number of nitrogens with zero attached hydrogens (tertiary/aromatic N) is 4. The fraction of sp³-hybridized carbons (Fsp3) is 0.387. The van der Waals surface area contributed by atoms with Gasteiger partial charge in [-0.1, -0.05) is 30.3 Å². The standard InChI is InChI=1S/C31H39FN6O4/c1-36(2)16-7-17-38-18-13-24(14-19-38)37(3)30(39)35-29-21-26(12-15-33-29)42-25-10-11-28(27(32)20-25)34-31(40)41-22-23-8-5-4-6-9-23/h4-6,8-12,15,20-21,24H,7,13-14,16-19,22H2,1-3H3,(H,34,40)(H,33,35,39). The highest BCUT2D eigenvalue weighted by Crippen LogP contribution is 2.27. The Kier molecular flexibility index (Phi) is 11.1. The third-order valence-corrected chi connectivity index (χ3v) is 7.10. The Balaban J connectivity index is 1.25. The number of benzene rings is 2. The number of urea groups is 1. The van der Waals surface area contributed by atoms with Crippen molar-refractivity contribution in [2.24, 2.45) is 0 Å². The molecule has 224 valence electrons. The van der Waals surface area contributed by atoms with Crippen molar-refractivity contribution in [1.82, 2.24) is 19.7 Å². The topological polar surface area (TPSA) is 99.3 Å². The summed E-state index contributed by atoms with van der Waals surface area (Å²) >= 11 is 0. The van der Waals surface area contributed by atoms with Crippen LogP contribution in [0.1, 0.15) is 24.8 Å². The lowest BCUT2D eigenvalue weighted by atomic mass is 10.0.